The average molecular weight is 449 g/mol. The molecule has 5 rings (SSSR count). The van der Waals surface area contributed by atoms with Gasteiger partial charge in [0, 0.05) is 44.1 Å². The molecule has 174 valence electrons. The van der Waals surface area contributed by atoms with Crippen LogP contribution < -0.4 is 9.47 Å². The van der Waals surface area contributed by atoms with Crippen molar-refractivity contribution in [3.8, 4) is 11.5 Å². The number of carbonyl (C=O) groups excluding carboxylic acids is 1. The van der Waals surface area contributed by atoms with Gasteiger partial charge in [0.2, 0.25) is 5.91 Å². The van der Waals surface area contributed by atoms with Gasteiger partial charge in [0.25, 0.3) is 0 Å². The molecule has 0 radical (unpaired) electrons. The van der Waals surface area contributed by atoms with Gasteiger partial charge in [-0.2, -0.15) is 0 Å². The van der Waals surface area contributed by atoms with Crippen molar-refractivity contribution >= 4 is 16.9 Å². The van der Waals surface area contributed by atoms with E-state index in [9.17, 15) is 4.79 Å². The molecule has 33 heavy (non-hydrogen) atoms. The highest BCUT2D eigenvalue weighted by atomic mass is 16.5. The summed E-state index contributed by atoms with van der Waals surface area (Å²) in [6.45, 7) is 3.98. The summed E-state index contributed by atoms with van der Waals surface area (Å²) in [6, 6.07) is 16.7. The van der Waals surface area contributed by atoms with Gasteiger partial charge in [0.1, 0.15) is 17.1 Å². The lowest BCUT2D eigenvalue weighted by molar-refractivity contribution is -0.131. The standard InChI is InChI=1S/C27H32N2O4/c1-19(30)28(2)22-11-13-27(14-12-22)18-29(16-21-7-4-5-9-24(21)33-27)17-23-15-20-8-6-10-25(31-3)26(20)32-23/h4-10,15,22H,11-14,16-18H2,1-3H3. The summed E-state index contributed by atoms with van der Waals surface area (Å²) in [7, 11) is 3.58. The van der Waals surface area contributed by atoms with Gasteiger partial charge in [-0.05, 0) is 43.9 Å². The first-order chi connectivity index (χ1) is 16.0. The van der Waals surface area contributed by atoms with Crippen LogP contribution in [0.2, 0.25) is 0 Å². The minimum atomic E-state index is -0.259. The molecule has 6 heteroatoms. The van der Waals surface area contributed by atoms with Crippen LogP contribution in [0.1, 0.15) is 43.9 Å². The Morgan fingerprint density at radius 3 is 2.73 bits per heavy atom. The third-order valence-electron chi connectivity index (χ3n) is 7.27. The van der Waals surface area contributed by atoms with Gasteiger partial charge in [-0.15, -0.1) is 0 Å². The third-order valence-corrected chi connectivity index (χ3v) is 7.27. The number of amides is 1. The minimum Gasteiger partial charge on any atom is -0.493 e. The van der Waals surface area contributed by atoms with Crippen LogP contribution in [-0.4, -0.2) is 48.1 Å². The van der Waals surface area contributed by atoms with Gasteiger partial charge in [-0.3, -0.25) is 9.69 Å². The first kappa shape index (κ1) is 21.8. The van der Waals surface area contributed by atoms with E-state index < -0.39 is 0 Å². The van der Waals surface area contributed by atoms with E-state index >= 15 is 0 Å². The average Bonchev–Trinajstić information content (AvgIpc) is 3.15. The normalized spacial score (nSPS) is 23.1. The predicted molar refractivity (Wildman–Crippen MR) is 127 cm³/mol. The Labute approximate surface area is 195 Å². The fraction of sp³-hybridized carbons (Fsp3) is 0.444. The number of benzene rings is 2. The molecule has 6 nitrogen and oxygen atoms in total. The molecule has 1 aliphatic heterocycles. The lowest BCUT2D eigenvalue weighted by Crippen LogP contribution is -2.51. The van der Waals surface area contributed by atoms with Crippen LogP contribution in [0.3, 0.4) is 0 Å². The highest BCUT2D eigenvalue weighted by molar-refractivity contribution is 5.83. The number of furan rings is 1. The van der Waals surface area contributed by atoms with Crippen LogP contribution >= 0.6 is 0 Å². The zero-order chi connectivity index (χ0) is 23.0. The number of fused-ring (bicyclic) bond motifs is 2. The van der Waals surface area contributed by atoms with Crippen LogP contribution in [0, 0.1) is 0 Å². The maximum atomic E-state index is 11.9. The molecule has 2 aromatic carbocycles. The Morgan fingerprint density at radius 1 is 1.18 bits per heavy atom. The Morgan fingerprint density at radius 2 is 1.97 bits per heavy atom. The number of rotatable bonds is 4. The molecule has 0 N–H and O–H groups in total. The van der Waals surface area contributed by atoms with E-state index in [1.807, 2.05) is 30.1 Å². The Bertz CT molecular complexity index is 1150. The first-order valence-corrected chi connectivity index (χ1v) is 11.7. The largest absolute Gasteiger partial charge is 0.493 e. The SMILES string of the molecule is COc1cccc2cc(CN3Cc4ccccc4OC4(CCC(N(C)C(C)=O)CC4)C3)oc12. The minimum absolute atomic E-state index is 0.130. The molecule has 0 atom stereocenters. The van der Waals surface area contributed by atoms with E-state index in [4.69, 9.17) is 13.9 Å². The molecule has 0 saturated heterocycles. The number of hydrogen-bond donors (Lipinski definition) is 0. The molecular weight excluding hydrogens is 416 g/mol. The van der Waals surface area contributed by atoms with E-state index in [0.29, 0.717) is 6.54 Å². The molecule has 1 fully saturated rings. The first-order valence-electron chi connectivity index (χ1n) is 11.7. The van der Waals surface area contributed by atoms with Crippen LogP contribution in [0.4, 0.5) is 0 Å². The third kappa shape index (κ3) is 4.32. The van der Waals surface area contributed by atoms with Gasteiger partial charge in [0.15, 0.2) is 11.3 Å². The number of para-hydroxylation sites is 2. The molecule has 1 aliphatic carbocycles. The summed E-state index contributed by atoms with van der Waals surface area (Å²) in [5.74, 6) is 2.79. The van der Waals surface area contributed by atoms with Crippen molar-refractivity contribution in [1.29, 1.82) is 0 Å². The number of hydrogen-bond acceptors (Lipinski definition) is 5. The number of ether oxygens (including phenoxy) is 2. The van der Waals surface area contributed by atoms with Gasteiger partial charge in [0.05, 0.1) is 13.7 Å². The monoisotopic (exact) mass is 448 g/mol. The summed E-state index contributed by atoms with van der Waals surface area (Å²) in [6.07, 6.45) is 3.75. The summed E-state index contributed by atoms with van der Waals surface area (Å²) < 4.78 is 18.4. The lowest BCUT2D eigenvalue weighted by Gasteiger charge is -2.43. The van der Waals surface area contributed by atoms with Crippen molar-refractivity contribution in [3.05, 3.63) is 59.9 Å². The lowest BCUT2D eigenvalue weighted by atomic mass is 9.81. The molecule has 1 saturated carbocycles. The Hall–Kier alpha value is -2.99. The van der Waals surface area contributed by atoms with Gasteiger partial charge < -0.3 is 18.8 Å². The van der Waals surface area contributed by atoms with Crippen molar-refractivity contribution in [2.24, 2.45) is 0 Å². The fourth-order valence-electron chi connectivity index (χ4n) is 5.40. The zero-order valence-corrected chi connectivity index (χ0v) is 19.7. The molecule has 0 unspecified atom stereocenters. The zero-order valence-electron chi connectivity index (χ0n) is 19.7. The smallest absolute Gasteiger partial charge is 0.219 e. The molecule has 0 bridgehead atoms. The topological polar surface area (TPSA) is 55.2 Å². The van der Waals surface area contributed by atoms with E-state index in [1.54, 1.807) is 14.0 Å². The van der Waals surface area contributed by atoms with Gasteiger partial charge >= 0.3 is 0 Å². The summed E-state index contributed by atoms with van der Waals surface area (Å²) in [5.41, 5.74) is 1.74. The van der Waals surface area contributed by atoms with E-state index in [1.165, 1.54) is 5.56 Å². The maximum Gasteiger partial charge on any atom is 0.219 e. The highest BCUT2D eigenvalue weighted by Gasteiger charge is 2.42. The van der Waals surface area contributed by atoms with E-state index in [2.05, 4.69) is 35.2 Å². The predicted octanol–water partition coefficient (Wildman–Crippen LogP) is 5.00. The highest BCUT2D eigenvalue weighted by Crippen LogP contribution is 2.40. The van der Waals surface area contributed by atoms with Crippen molar-refractivity contribution in [2.45, 2.75) is 57.3 Å². The molecule has 3 aromatic rings. The quantitative estimate of drug-likeness (QED) is 0.563. The molecule has 1 aromatic heterocycles. The van der Waals surface area contributed by atoms with Crippen LogP contribution in [0.5, 0.6) is 11.5 Å². The van der Waals surface area contributed by atoms with Crippen LogP contribution in [0.15, 0.2) is 52.9 Å². The van der Waals surface area contributed by atoms with Crippen LogP contribution in [0.25, 0.3) is 11.0 Å². The van der Waals surface area contributed by atoms with E-state index in [-0.39, 0.29) is 17.6 Å². The summed E-state index contributed by atoms with van der Waals surface area (Å²) in [5, 5.41) is 1.05. The van der Waals surface area contributed by atoms with Gasteiger partial charge in [-0.1, -0.05) is 30.3 Å². The van der Waals surface area contributed by atoms with Crippen molar-refractivity contribution in [2.75, 3.05) is 20.7 Å². The second-order valence-electron chi connectivity index (χ2n) is 9.49. The van der Waals surface area contributed by atoms with Crippen molar-refractivity contribution in [1.82, 2.24) is 9.80 Å². The second kappa shape index (κ2) is 8.75. The second-order valence-corrected chi connectivity index (χ2v) is 9.49. The number of carbonyl (C=O) groups is 1. The van der Waals surface area contributed by atoms with Crippen molar-refractivity contribution in [3.63, 3.8) is 0 Å². The molecular formula is C27H32N2O4. The summed E-state index contributed by atoms with van der Waals surface area (Å²) >= 11 is 0. The Balaban J connectivity index is 1.41. The molecule has 1 amide bonds. The van der Waals surface area contributed by atoms with Crippen molar-refractivity contribution < 1.29 is 18.7 Å². The number of nitrogens with zero attached hydrogens (tertiary/aromatic N) is 2. The molecule has 1 spiro atoms. The maximum absolute atomic E-state index is 11.9. The summed E-state index contributed by atoms with van der Waals surface area (Å²) in [4.78, 5) is 16.2. The van der Waals surface area contributed by atoms with E-state index in [0.717, 1.165) is 67.0 Å². The fourth-order valence-corrected chi connectivity index (χ4v) is 5.40. The Kier molecular flexibility index (Phi) is 5.79. The van der Waals surface area contributed by atoms with Gasteiger partial charge in [-0.25, -0.2) is 0 Å². The number of methoxy groups -OCH3 is 1. The van der Waals surface area contributed by atoms with Crippen LogP contribution in [-0.2, 0) is 17.9 Å². The molecule has 2 aliphatic rings. The molecule has 2 heterocycles.